The molecule has 3 rings (SSSR count). The molecule has 0 aliphatic carbocycles. The van der Waals surface area contributed by atoms with Crippen LogP contribution in [0.15, 0.2) is 0 Å². The third-order valence-electron chi connectivity index (χ3n) is 3.52. The number of fused-ring (bicyclic) bond motifs is 3. The maximum absolute atomic E-state index is 9.25. The van der Waals surface area contributed by atoms with Crippen LogP contribution in [-0.2, 0) is 0 Å². The van der Waals surface area contributed by atoms with Crippen LogP contribution < -0.4 is 0 Å². The first kappa shape index (κ1) is 7.56. The summed E-state index contributed by atoms with van der Waals surface area (Å²) in [7, 11) is 0. The van der Waals surface area contributed by atoms with Crippen LogP contribution in [0.1, 0.15) is 19.8 Å². The fourth-order valence-electron chi connectivity index (χ4n) is 2.61. The molecule has 0 aromatic carbocycles. The summed E-state index contributed by atoms with van der Waals surface area (Å²) in [5, 5.41) is 9.25. The first-order valence-corrected chi connectivity index (χ1v) is 4.58. The van der Waals surface area contributed by atoms with E-state index in [0.29, 0.717) is 6.61 Å². The van der Waals surface area contributed by atoms with Gasteiger partial charge in [0.15, 0.2) is 0 Å². The Morgan fingerprint density at radius 2 is 2.09 bits per heavy atom. The summed E-state index contributed by atoms with van der Waals surface area (Å²) < 4.78 is 0. The molecule has 0 aromatic rings. The highest BCUT2D eigenvalue weighted by Crippen LogP contribution is 2.41. The standard InChI is InChI=1S/C9H17NO/c1-9(7-11)6-10-4-2-8(9)3-5-10/h8,11H,2-7H2,1H3. The fraction of sp³-hybridized carbons (Fsp3) is 1.00. The van der Waals surface area contributed by atoms with Crippen molar-refractivity contribution in [2.75, 3.05) is 26.2 Å². The Labute approximate surface area is 68.2 Å². The zero-order chi connectivity index (χ0) is 7.90. The summed E-state index contributed by atoms with van der Waals surface area (Å²) in [4.78, 5) is 2.48. The maximum atomic E-state index is 9.25. The Morgan fingerprint density at radius 1 is 1.45 bits per heavy atom. The van der Waals surface area contributed by atoms with E-state index < -0.39 is 0 Å². The monoisotopic (exact) mass is 155 g/mol. The molecule has 0 saturated carbocycles. The Morgan fingerprint density at radius 3 is 2.36 bits per heavy atom. The molecule has 0 radical (unpaired) electrons. The van der Waals surface area contributed by atoms with Crippen LogP contribution in [0, 0.1) is 11.3 Å². The quantitative estimate of drug-likeness (QED) is 0.603. The molecular formula is C9H17NO. The van der Waals surface area contributed by atoms with E-state index in [1.807, 2.05) is 0 Å². The summed E-state index contributed by atoms with van der Waals surface area (Å²) >= 11 is 0. The van der Waals surface area contributed by atoms with Gasteiger partial charge in [-0.1, -0.05) is 6.92 Å². The van der Waals surface area contributed by atoms with Gasteiger partial charge in [-0.15, -0.1) is 0 Å². The second-order valence-corrected chi connectivity index (χ2v) is 4.36. The molecule has 1 N–H and O–H groups in total. The minimum Gasteiger partial charge on any atom is -0.396 e. The van der Waals surface area contributed by atoms with Gasteiger partial charge in [0, 0.05) is 18.6 Å². The van der Waals surface area contributed by atoms with Crippen LogP contribution in [0.3, 0.4) is 0 Å². The lowest BCUT2D eigenvalue weighted by atomic mass is 9.68. The van der Waals surface area contributed by atoms with Gasteiger partial charge in [0.25, 0.3) is 0 Å². The average Bonchev–Trinajstić information content (AvgIpc) is 2.06. The zero-order valence-corrected chi connectivity index (χ0v) is 7.21. The molecule has 2 bridgehead atoms. The van der Waals surface area contributed by atoms with E-state index in [0.717, 1.165) is 12.5 Å². The van der Waals surface area contributed by atoms with Gasteiger partial charge in [-0.05, 0) is 31.8 Å². The molecule has 11 heavy (non-hydrogen) atoms. The molecule has 3 heterocycles. The predicted molar refractivity (Wildman–Crippen MR) is 44.4 cm³/mol. The molecule has 3 fully saturated rings. The van der Waals surface area contributed by atoms with E-state index in [1.54, 1.807) is 0 Å². The van der Waals surface area contributed by atoms with Crippen LogP contribution >= 0.6 is 0 Å². The van der Waals surface area contributed by atoms with Crippen LogP contribution in [0.2, 0.25) is 0 Å². The van der Waals surface area contributed by atoms with Gasteiger partial charge in [0.05, 0.1) is 0 Å². The highest BCUT2D eigenvalue weighted by Gasteiger charge is 2.42. The van der Waals surface area contributed by atoms with Gasteiger partial charge < -0.3 is 10.0 Å². The lowest BCUT2D eigenvalue weighted by Gasteiger charge is -2.51. The van der Waals surface area contributed by atoms with E-state index in [2.05, 4.69) is 11.8 Å². The van der Waals surface area contributed by atoms with Gasteiger partial charge in [-0.25, -0.2) is 0 Å². The molecule has 3 aliphatic rings. The van der Waals surface area contributed by atoms with Gasteiger partial charge in [-0.3, -0.25) is 0 Å². The van der Waals surface area contributed by atoms with Crippen molar-refractivity contribution in [2.24, 2.45) is 11.3 Å². The first-order valence-electron chi connectivity index (χ1n) is 4.58. The summed E-state index contributed by atoms with van der Waals surface area (Å²) in [6.07, 6.45) is 2.61. The number of rotatable bonds is 1. The summed E-state index contributed by atoms with van der Waals surface area (Å²) in [6, 6.07) is 0. The zero-order valence-electron chi connectivity index (χ0n) is 7.21. The Balaban J connectivity index is 2.13. The fourth-order valence-corrected chi connectivity index (χ4v) is 2.61. The topological polar surface area (TPSA) is 23.5 Å². The van der Waals surface area contributed by atoms with Crippen molar-refractivity contribution in [3.63, 3.8) is 0 Å². The lowest BCUT2D eigenvalue weighted by molar-refractivity contribution is -0.0494. The summed E-state index contributed by atoms with van der Waals surface area (Å²) in [5.41, 5.74) is 0.219. The van der Waals surface area contributed by atoms with Crippen LogP contribution in [-0.4, -0.2) is 36.2 Å². The SMILES string of the molecule is CC1(CO)CN2CCC1CC2. The molecule has 3 aliphatic heterocycles. The van der Waals surface area contributed by atoms with E-state index in [-0.39, 0.29) is 5.41 Å². The molecule has 2 nitrogen and oxygen atoms in total. The molecule has 2 heteroatoms. The van der Waals surface area contributed by atoms with Crippen molar-refractivity contribution < 1.29 is 5.11 Å². The highest BCUT2D eigenvalue weighted by atomic mass is 16.3. The normalized spacial score (nSPS) is 49.6. The van der Waals surface area contributed by atoms with Gasteiger partial charge in [-0.2, -0.15) is 0 Å². The number of aliphatic hydroxyl groups is 1. The number of aliphatic hydroxyl groups excluding tert-OH is 1. The Hall–Kier alpha value is -0.0800. The van der Waals surface area contributed by atoms with Gasteiger partial charge in [0.1, 0.15) is 0 Å². The largest absolute Gasteiger partial charge is 0.396 e. The molecule has 0 spiro atoms. The molecule has 1 unspecified atom stereocenters. The number of hydrogen-bond acceptors (Lipinski definition) is 2. The van der Waals surface area contributed by atoms with Gasteiger partial charge in [0.2, 0.25) is 0 Å². The molecule has 1 atom stereocenters. The highest BCUT2D eigenvalue weighted by molar-refractivity contribution is 4.94. The van der Waals surface area contributed by atoms with Gasteiger partial charge >= 0.3 is 0 Å². The van der Waals surface area contributed by atoms with E-state index >= 15 is 0 Å². The van der Waals surface area contributed by atoms with Crippen molar-refractivity contribution in [1.29, 1.82) is 0 Å². The molecule has 64 valence electrons. The van der Waals surface area contributed by atoms with E-state index in [9.17, 15) is 5.11 Å². The molecule has 0 aromatic heterocycles. The second-order valence-electron chi connectivity index (χ2n) is 4.36. The average molecular weight is 155 g/mol. The first-order chi connectivity index (χ1) is 5.24. The summed E-state index contributed by atoms with van der Waals surface area (Å²) in [6.45, 7) is 6.24. The van der Waals surface area contributed by atoms with Crippen molar-refractivity contribution in [3.05, 3.63) is 0 Å². The van der Waals surface area contributed by atoms with Crippen molar-refractivity contribution in [3.8, 4) is 0 Å². The smallest absolute Gasteiger partial charge is 0.0499 e. The Bertz CT molecular complexity index is 152. The predicted octanol–water partition coefficient (Wildman–Crippen LogP) is 0.711. The minimum atomic E-state index is 0.219. The number of hydrogen-bond donors (Lipinski definition) is 1. The van der Waals surface area contributed by atoms with E-state index in [1.165, 1.54) is 25.9 Å². The lowest BCUT2D eigenvalue weighted by Crippen LogP contribution is -2.54. The van der Waals surface area contributed by atoms with Crippen molar-refractivity contribution in [2.45, 2.75) is 19.8 Å². The van der Waals surface area contributed by atoms with E-state index in [4.69, 9.17) is 0 Å². The molecule has 3 saturated heterocycles. The van der Waals surface area contributed by atoms with Crippen LogP contribution in [0.4, 0.5) is 0 Å². The third kappa shape index (κ3) is 1.09. The summed E-state index contributed by atoms with van der Waals surface area (Å²) in [5.74, 6) is 0.789. The molecule has 0 amide bonds. The van der Waals surface area contributed by atoms with Crippen LogP contribution in [0.5, 0.6) is 0 Å². The second kappa shape index (κ2) is 2.46. The maximum Gasteiger partial charge on any atom is 0.0499 e. The number of nitrogens with zero attached hydrogens (tertiary/aromatic N) is 1. The number of piperidine rings is 3. The van der Waals surface area contributed by atoms with Crippen molar-refractivity contribution >= 4 is 0 Å². The third-order valence-corrected chi connectivity index (χ3v) is 3.52. The minimum absolute atomic E-state index is 0.219. The van der Waals surface area contributed by atoms with Crippen molar-refractivity contribution in [1.82, 2.24) is 4.90 Å². The van der Waals surface area contributed by atoms with Crippen LogP contribution in [0.25, 0.3) is 0 Å². The molecular weight excluding hydrogens is 138 g/mol. The Kier molecular flexibility index (Phi) is 1.69.